The topological polar surface area (TPSA) is 42.4 Å². The Bertz CT molecular complexity index is 617. The number of esters is 1. The van der Waals surface area contributed by atoms with Crippen LogP contribution in [0, 0.1) is 5.92 Å². The van der Waals surface area contributed by atoms with Crippen molar-refractivity contribution in [1.82, 2.24) is 9.88 Å². The number of halogens is 2. The molecule has 1 aliphatic heterocycles. The van der Waals surface area contributed by atoms with Crippen molar-refractivity contribution in [2.75, 3.05) is 19.7 Å². The Balaban J connectivity index is 1.76. The molecule has 3 rings (SSSR count). The second-order valence-corrected chi connectivity index (χ2v) is 6.93. The molecular weight excluding hydrogens is 314 g/mol. The minimum atomic E-state index is -2.58. The summed E-state index contributed by atoms with van der Waals surface area (Å²) < 4.78 is 32.3. The number of hydrogen-bond donors (Lipinski definition) is 0. The molecule has 0 aromatic carbocycles. The van der Waals surface area contributed by atoms with Gasteiger partial charge >= 0.3 is 5.97 Å². The smallest absolute Gasteiger partial charge is 0.356 e. The molecule has 132 valence electrons. The molecule has 0 spiro atoms. The van der Waals surface area contributed by atoms with E-state index in [1.54, 1.807) is 19.9 Å². The monoisotopic (exact) mass is 338 g/mol. The molecule has 24 heavy (non-hydrogen) atoms. The summed E-state index contributed by atoms with van der Waals surface area (Å²) in [4.78, 5) is 18.5. The molecule has 4 nitrogen and oxygen atoms in total. The number of carbonyl (C=O) groups excluding carboxylic acids is 1. The van der Waals surface area contributed by atoms with Crippen LogP contribution in [-0.4, -0.2) is 41.5 Å². The van der Waals surface area contributed by atoms with Crippen LogP contribution in [0.4, 0.5) is 8.78 Å². The van der Waals surface area contributed by atoms with E-state index < -0.39 is 17.8 Å². The van der Waals surface area contributed by atoms with E-state index >= 15 is 0 Å². The normalized spacial score (nSPS) is 23.9. The molecule has 1 saturated carbocycles. The Morgan fingerprint density at radius 2 is 2.17 bits per heavy atom. The summed E-state index contributed by atoms with van der Waals surface area (Å²) in [7, 11) is 0. The van der Waals surface area contributed by atoms with Gasteiger partial charge in [-0.05, 0) is 37.5 Å². The third kappa shape index (κ3) is 3.91. The van der Waals surface area contributed by atoms with Gasteiger partial charge in [0.2, 0.25) is 0 Å². The molecule has 1 aliphatic carbocycles. The van der Waals surface area contributed by atoms with Crippen molar-refractivity contribution in [2.45, 2.75) is 51.5 Å². The Morgan fingerprint density at radius 3 is 2.79 bits per heavy atom. The second kappa shape index (κ2) is 6.75. The van der Waals surface area contributed by atoms with E-state index in [4.69, 9.17) is 4.74 Å². The van der Waals surface area contributed by atoms with Crippen LogP contribution in [0.25, 0.3) is 0 Å². The fourth-order valence-corrected chi connectivity index (χ4v) is 3.17. The number of carbonyl (C=O) groups is 1. The first kappa shape index (κ1) is 17.3. The number of ether oxygens (including phenoxy) is 1. The standard InChI is InChI=1S/C18H24F2N2O2/c1-3-24-17(23)16-9-13(8-15(21-16)14-4-5-14)11-22-7-6-18(19,20)12(2)10-22/h8-9,12,14H,3-7,10-11H2,1-2H3. The van der Waals surface area contributed by atoms with Gasteiger partial charge in [0.15, 0.2) is 0 Å². The molecular formula is C18H24F2N2O2. The zero-order valence-electron chi connectivity index (χ0n) is 14.2. The van der Waals surface area contributed by atoms with Gasteiger partial charge in [0.1, 0.15) is 5.69 Å². The average Bonchev–Trinajstić information content (AvgIpc) is 3.36. The van der Waals surface area contributed by atoms with Crippen molar-refractivity contribution in [3.8, 4) is 0 Å². The van der Waals surface area contributed by atoms with E-state index in [-0.39, 0.29) is 6.42 Å². The second-order valence-electron chi connectivity index (χ2n) is 6.93. The first-order valence-electron chi connectivity index (χ1n) is 8.67. The predicted octanol–water partition coefficient (Wildman–Crippen LogP) is 3.61. The largest absolute Gasteiger partial charge is 0.461 e. The van der Waals surface area contributed by atoms with E-state index in [0.29, 0.717) is 37.9 Å². The SMILES string of the molecule is CCOC(=O)c1cc(CN2CCC(F)(F)C(C)C2)cc(C2CC2)n1. The Labute approximate surface area is 141 Å². The molecule has 1 aromatic rings. The molecule has 0 bridgehead atoms. The zero-order chi connectivity index (χ0) is 17.3. The number of pyridine rings is 1. The highest BCUT2D eigenvalue weighted by Crippen LogP contribution is 2.39. The van der Waals surface area contributed by atoms with Gasteiger partial charge in [-0.2, -0.15) is 0 Å². The Kier molecular flexibility index (Phi) is 4.85. The van der Waals surface area contributed by atoms with Crippen molar-refractivity contribution in [3.63, 3.8) is 0 Å². The van der Waals surface area contributed by atoms with Crippen LogP contribution in [0.3, 0.4) is 0 Å². The van der Waals surface area contributed by atoms with Gasteiger partial charge < -0.3 is 4.74 Å². The quantitative estimate of drug-likeness (QED) is 0.769. The summed E-state index contributed by atoms with van der Waals surface area (Å²) in [6.07, 6.45) is 2.07. The van der Waals surface area contributed by atoms with E-state index in [2.05, 4.69) is 4.98 Å². The lowest BCUT2D eigenvalue weighted by molar-refractivity contribution is -0.100. The van der Waals surface area contributed by atoms with Crippen LogP contribution in [0.15, 0.2) is 12.1 Å². The summed E-state index contributed by atoms with van der Waals surface area (Å²) >= 11 is 0. The van der Waals surface area contributed by atoms with Crippen molar-refractivity contribution in [1.29, 1.82) is 0 Å². The van der Waals surface area contributed by atoms with Gasteiger partial charge in [-0.1, -0.05) is 6.92 Å². The lowest BCUT2D eigenvalue weighted by Gasteiger charge is -2.36. The van der Waals surface area contributed by atoms with Gasteiger partial charge in [0, 0.05) is 43.6 Å². The third-order valence-electron chi connectivity index (χ3n) is 4.81. The number of likely N-dealkylation sites (tertiary alicyclic amines) is 1. The van der Waals surface area contributed by atoms with Crippen LogP contribution >= 0.6 is 0 Å². The molecule has 1 unspecified atom stereocenters. The lowest BCUT2D eigenvalue weighted by Crippen LogP contribution is -2.45. The molecule has 2 aliphatic rings. The number of hydrogen-bond acceptors (Lipinski definition) is 4. The highest BCUT2D eigenvalue weighted by molar-refractivity contribution is 5.87. The molecule has 2 heterocycles. The average molecular weight is 338 g/mol. The zero-order valence-corrected chi connectivity index (χ0v) is 14.2. The molecule has 1 atom stereocenters. The number of alkyl halides is 2. The lowest BCUT2D eigenvalue weighted by atomic mass is 9.95. The third-order valence-corrected chi connectivity index (χ3v) is 4.81. The van der Waals surface area contributed by atoms with Crippen molar-refractivity contribution < 1.29 is 18.3 Å². The highest BCUT2D eigenvalue weighted by atomic mass is 19.3. The van der Waals surface area contributed by atoms with Crippen LogP contribution in [0.1, 0.15) is 60.8 Å². The van der Waals surface area contributed by atoms with Crippen LogP contribution in [0.5, 0.6) is 0 Å². The molecule has 0 N–H and O–H groups in total. The maximum absolute atomic E-state index is 13.6. The minimum Gasteiger partial charge on any atom is -0.461 e. The van der Waals surface area contributed by atoms with E-state index in [1.165, 1.54) is 0 Å². The summed E-state index contributed by atoms with van der Waals surface area (Å²) in [5.74, 6) is -3.23. The molecule has 0 radical (unpaired) electrons. The maximum atomic E-state index is 13.6. The van der Waals surface area contributed by atoms with E-state index in [9.17, 15) is 13.6 Å². The highest BCUT2D eigenvalue weighted by Gasteiger charge is 2.41. The van der Waals surface area contributed by atoms with Crippen molar-refractivity contribution in [3.05, 3.63) is 29.1 Å². The molecule has 0 amide bonds. The summed E-state index contributed by atoms with van der Waals surface area (Å²) in [6.45, 7) is 4.96. The summed E-state index contributed by atoms with van der Waals surface area (Å²) in [6, 6.07) is 3.75. The van der Waals surface area contributed by atoms with Crippen molar-refractivity contribution >= 4 is 5.97 Å². The Morgan fingerprint density at radius 1 is 1.42 bits per heavy atom. The Hall–Kier alpha value is -1.56. The van der Waals surface area contributed by atoms with Crippen LogP contribution in [0.2, 0.25) is 0 Å². The number of rotatable bonds is 5. The van der Waals surface area contributed by atoms with Gasteiger partial charge in [-0.3, -0.25) is 4.90 Å². The number of aromatic nitrogens is 1. The fraction of sp³-hybridized carbons (Fsp3) is 0.667. The van der Waals surface area contributed by atoms with E-state index in [0.717, 1.165) is 24.1 Å². The molecule has 6 heteroatoms. The predicted molar refractivity (Wildman–Crippen MR) is 86.2 cm³/mol. The van der Waals surface area contributed by atoms with Gasteiger partial charge in [-0.15, -0.1) is 0 Å². The molecule has 2 fully saturated rings. The summed E-state index contributed by atoms with van der Waals surface area (Å²) in [5.41, 5.74) is 2.20. The van der Waals surface area contributed by atoms with Crippen molar-refractivity contribution in [2.24, 2.45) is 5.92 Å². The fourth-order valence-electron chi connectivity index (χ4n) is 3.17. The van der Waals surface area contributed by atoms with E-state index in [1.807, 2.05) is 11.0 Å². The van der Waals surface area contributed by atoms with Crippen LogP contribution < -0.4 is 0 Å². The molecule has 1 aromatic heterocycles. The first-order valence-corrected chi connectivity index (χ1v) is 8.67. The van der Waals surface area contributed by atoms with Gasteiger partial charge in [0.05, 0.1) is 6.61 Å². The maximum Gasteiger partial charge on any atom is 0.356 e. The first-order chi connectivity index (χ1) is 11.4. The minimum absolute atomic E-state index is 0.112. The van der Waals surface area contributed by atoms with Gasteiger partial charge in [0.25, 0.3) is 5.92 Å². The molecule has 1 saturated heterocycles. The van der Waals surface area contributed by atoms with Gasteiger partial charge in [-0.25, -0.2) is 18.6 Å². The number of nitrogens with zero attached hydrogens (tertiary/aromatic N) is 2. The summed E-state index contributed by atoms with van der Waals surface area (Å²) in [5, 5.41) is 0. The number of piperidine rings is 1. The van der Waals surface area contributed by atoms with Crippen LogP contribution in [-0.2, 0) is 11.3 Å².